The zero-order chi connectivity index (χ0) is 12.8. The molecular weight excluding hydrogens is 200 g/mol. The summed E-state index contributed by atoms with van der Waals surface area (Å²) in [5, 5.41) is 6.10. The molecule has 0 aromatic rings. The number of carbonyl (C=O) groups is 1. The molecule has 0 heterocycles. The monoisotopic (exact) mass is 224 g/mol. The first kappa shape index (κ1) is 15.0. The lowest BCUT2D eigenvalue weighted by atomic mass is 10.0. The van der Waals surface area contributed by atoms with E-state index in [-0.39, 0.29) is 23.5 Å². The van der Waals surface area contributed by atoms with Crippen molar-refractivity contribution in [3.63, 3.8) is 0 Å². The summed E-state index contributed by atoms with van der Waals surface area (Å²) in [5.41, 5.74) is -0.162. The van der Waals surface area contributed by atoms with Gasteiger partial charge < -0.3 is 5.32 Å². The molecule has 0 aliphatic heterocycles. The third kappa shape index (κ3) is 5.18. The van der Waals surface area contributed by atoms with Crippen molar-refractivity contribution in [1.82, 2.24) is 10.6 Å². The molecule has 0 aliphatic carbocycles. The Labute approximate surface area is 99.4 Å². The molecule has 0 rings (SSSR count). The van der Waals surface area contributed by atoms with E-state index in [9.17, 15) is 4.79 Å². The minimum atomic E-state index is -0.258. The molecule has 2 atom stereocenters. The van der Waals surface area contributed by atoms with Crippen molar-refractivity contribution >= 4 is 5.91 Å². The number of terminal acetylenes is 1. The Morgan fingerprint density at radius 1 is 1.44 bits per heavy atom. The van der Waals surface area contributed by atoms with E-state index in [1.165, 1.54) is 0 Å². The van der Waals surface area contributed by atoms with Crippen LogP contribution < -0.4 is 10.6 Å². The number of rotatable bonds is 6. The second-order valence-corrected chi connectivity index (χ2v) is 4.74. The van der Waals surface area contributed by atoms with Gasteiger partial charge in [0.1, 0.15) is 0 Å². The van der Waals surface area contributed by atoms with Crippen LogP contribution in [0.25, 0.3) is 0 Å². The summed E-state index contributed by atoms with van der Waals surface area (Å²) in [5.74, 6) is 2.62. The van der Waals surface area contributed by atoms with Crippen molar-refractivity contribution in [3.05, 3.63) is 0 Å². The highest BCUT2D eigenvalue weighted by atomic mass is 16.2. The van der Waals surface area contributed by atoms with Gasteiger partial charge in [0.05, 0.1) is 12.1 Å². The maximum Gasteiger partial charge on any atom is 0.237 e. The van der Waals surface area contributed by atoms with Crippen molar-refractivity contribution in [2.75, 3.05) is 0 Å². The fraction of sp³-hybridized carbons (Fsp3) is 0.769. The van der Waals surface area contributed by atoms with Crippen LogP contribution in [0, 0.1) is 12.3 Å². The van der Waals surface area contributed by atoms with E-state index >= 15 is 0 Å². The average molecular weight is 224 g/mol. The maximum atomic E-state index is 11.8. The first-order valence-corrected chi connectivity index (χ1v) is 5.90. The molecule has 0 radical (unpaired) electrons. The van der Waals surface area contributed by atoms with Crippen LogP contribution in [0.4, 0.5) is 0 Å². The van der Waals surface area contributed by atoms with E-state index in [2.05, 4.69) is 23.5 Å². The highest BCUT2D eigenvalue weighted by molar-refractivity contribution is 5.82. The van der Waals surface area contributed by atoms with Crippen LogP contribution >= 0.6 is 0 Å². The molecular formula is C13H24N2O. The van der Waals surface area contributed by atoms with Gasteiger partial charge in [-0.15, -0.1) is 6.42 Å². The summed E-state index contributed by atoms with van der Waals surface area (Å²) in [4.78, 5) is 11.8. The zero-order valence-corrected chi connectivity index (χ0v) is 11.1. The van der Waals surface area contributed by atoms with E-state index in [0.29, 0.717) is 0 Å². The molecule has 0 saturated carbocycles. The van der Waals surface area contributed by atoms with Crippen molar-refractivity contribution < 1.29 is 4.79 Å². The van der Waals surface area contributed by atoms with Crippen molar-refractivity contribution in [3.8, 4) is 12.3 Å². The summed E-state index contributed by atoms with van der Waals surface area (Å²) in [6, 6.07) is -0.294. The third-order valence-corrected chi connectivity index (χ3v) is 2.80. The van der Waals surface area contributed by atoms with Crippen LogP contribution in [0.5, 0.6) is 0 Å². The average Bonchev–Trinajstić information content (AvgIpc) is 2.24. The van der Waals surface area contributed by atoms with Gasteiger partial charge in [0.2, 0.25) is 5.91 Å². The molecule has 3 nitrogen and oxygen atoms in total. The lowest BCUT2D eigenvalue weighted by Gasteiger charge is -2.27. The number of amides is 1. The van der Waals surface area contributed by atoms with Gasteiger partial charge >= 0.3 is 0 Å². The van der Waals surface area contributed by atoms with Crippen molar-refractivity contribution in [2.45, 2.75) is 65.1 Å². The van der Waals surface area contributed by atoms with Gasteiger partial charge in [-0.25, -0.2) is 0 Å². The molecule has 92 valence electrons. The Hall–Kier alpha value is -1.01. The molecule has 0 bridgehead atoms. The van der Waals surface area contributed by atoms with Crippen LogP contribution in [-0.4, -0.2) is 23.5 Å². The Morgan fingerprint density at radius 3 is 2.38 bits per heavy atom. The standard InChI is InChI=1S/C13H24N2O/c1-7-11(8-2)14-10(4)12(16)15-13(5,6)9-3/h1,10-11,14H,8-9H2,2-6H3,(H,15,16). The van der Waals surface area contributed by atoms with Gasteiger partial charge in [0.15, 0.2) is 0 Å². The summed E-state index contributed by atoms with van der Waals surface area (Å²) in [7, 11) is 0. The Balaban J connectivity index is 4.25. The minimum absolute atomic E-state index is 0.000509. The normalized spacial score (nSPS) is 15.0. The van der Waals surface area contributed by atoms with E-state index in [0.717, 1.165) is 12.8 Å². The Bertz CT molecular complexity index is 266. The lowest BCUT2D eigenvalue weighted by Crippen LogP contribution is -2.52. The van der Waals surface area contributed by atoms with Crippen LogP contribution in [-0.2, 0) is 4.79 Å². The summed E-state index contributed by atoms with van der Waals surface area (Å²) < 4.78 is 0. The minimum Gasteiger partial charge on any atom is -0.350 e. The smallest absolute Gasteiger partial charge is 0.237 e. The number of hydrogen-bond donors (Lipinski definition) is 2. The highest BCUT2D eigenvalue weighted by Gasteiger charge is 2.22. The molecule has 0 saturated heterocycles. The molecule has 0 aromatic heterocycles. The molecule has 0 spiro atoms. The highest BCUT2D eigenvalue weighted by Crippen LogP contribution is 2.07. The molecule has 3 heteroatoms. The van der Waals surface area contributed by atoms with Crippen LogP contribution in [0.3, 0.4) is 0 Å². The molecule has 0 aromatic carbocycles. The Kier molecular flexibility index (Phi) is 6.13. The SMILES string of the molecule is C#CC(CC)NC(C)C(=O)NC(C)(C)CC. The van der Waals surface area contributed by atoms with Crippen LogP contribution in [0.2, 0.25) is 0 Å². The quantitative estimate of drug-likeness (QED) is 0.674. The molecule has 16 heavy (non-hydrogen) atoms. The molecule has 1 amide bonds. The van der Waals surface area contributed by atoms with E-state index < -0.39 is 0 Å². The van der Waals surface area contributed by atoms with Crippen molar-refractivity contribution in [1.29, 1.82) is 0 Å². The van der Waals surface area contributed by atoms with E-state index in [4.69, 9.17) is 6.42 Å². The summed E-state index contributed by atoms with van der Waals surface area (Å²) in [6.07, 6.45) is 7.07. The van der Waals surface area contributed by atoms with Crippen LogP contribution in [0.1, 0.15) is 47.5 Å². The molecule has 0 fully saturated rings. The van der Waals surface area contributed by atoms with Gasteiger partial charge in [-0.05, 0) is 33.6 Å². The van der Waals surface area contributed by atoms with Gasteiger partial charge in [-0.2, -0.15) is 0 Å². The number of carbonyl (C=O) groups excluding carboxylic acids is 1. The fourth-order valence-electron chi connectivity index (χ4n) is 1.19. The van der Waals surface area contributed by atoms with Crippen LogP contribution in [0.15, 0.2) is 0 Å². The second kappa shape index (κ2) is 6.55. The molecule has 2 unspecified atom stereocenters. The fourth-order valence-corrected chi connectivity index (χ4v) is 1.19. The predicted molar refractivity (Wildman–Crippen MR) is 68.0 cm³/mol. The number of hydrogen-bond acceptors (Lipinski definition) is 2. The predicted octanol–water partition coefficient (Wildman–Crippen LogP) is 1.68. The van der Waals surface area contributed by atoms with E-state index in [1.807, 2.05) is 27.7 Å². The zero-order valence-electron chi connectivity index (χ0n) is 11.1. The van der Waals surface area contributed by atoms with Gasteiger partial charge in [0, 0.05) is 5.54 Å². The molecule has 0 aliphatic rings. The van der Waals surface area contributed by atoms with Gasteiger partial charge in [-0.3, -0.25) is 10.1 Å². The lowest BCUT2D eigenvalue weighted by molar-refractivity contribution is -0.124. The summed E-state index contributed by atoms with van der Waals surface area (Å²) in [6.45, 7) is 9.90. The third-order valence-electron chi connectivity index (χ3n) is 2.80. The number of nitrogens with one attached hydrogen (secondary N) is 2. The first-order valence-electron chi connectivity index (χ1n) is 5.90. The molecule has 2 N–H and O–H groups in total. The largest absolute Gasteiger partial charge is 0.350 e. The summed E-state index contributed by atoms with van der Waals surface area (Å²) >= 11 is 0. The van der Waals surface area contributed by atoms with Gasteiger partial charge in [-0.1, -0.05) is 19.8 Å². The maximum absolute atomic E-state index is 11.8. The van der Waals surface area contributed by atoms with E-state index in [1.54, 1.807) is 0 Å². The van der Waals surface area contributed by atoms with Crippen molar-refractivity contribution in [2.24, 2.45) is 0 Å². The Morgan fingerprint density at radius 2 is 2.00 bits per heavy atom. The second-order valence-electron chi connectivity index (χ2n) is 4.74. The topological polar surface area (TPSA) is 41.1 Å². The van der Waals surface area contributed by atoms with Gasteiger partial charge in [0.25, 0.3) is 0 Å². The first-order chi connectivity index (χ1) is 7.36.